The Hall–Kier alpha value is -1.55. The molecule has 1 saturated heterocycles. The summed E-state index contributed by atoms with van der Waals surface area (Å²) in [5.41, 5.74) is 1.05. The van der Waals surface area contributed by atoms with Gasteiger partial charge in [0, 0.05) is 31.9 Å². The first-order valence-electron chi connectivity index (χ1n) is 6.34. The fourth-order valence-electron chi connectivity index (χ4n) is 2.67. The van der Waals surface area contributed by atoms with Crippen molar-refractivity contribution in [1.29, 1.82) is 0 Å². The predicted molar refractivity (Wildman–Crippen MR) is 71.5 cm³/mol. The molecule has 2 atom stereocenters. The number of rotatable bonds is 3. The molecule has 2 rings (SSSR count). The van der Waals surface area contributed by atoms with Crippen LogP contribution in [0.1, 0.15) is 13.3 Å². The van der Waals surface area contributed by atoms with Crippen molar-refractivity contribution in [1.82, 2.24) is 4.90 Å². The van der Waals surface area contributed by atoms with Crippen molar-refractivity contribution < 1.29 is 9.90 Å². The van der Waals surface area contributed by atoms with E-state index in [0.29, 0.717) is 6.42 Å². The van der Waals surface area contributed by atoms with E-state index < -0.39 is 0 Å². The highest BCUT2D eigenvalue weighted by Crippen LogP contribution is 2.26. The van der Waals surface area contributed by atoms with E-state index in [1.807, 2.05) is 37.4 Å². The highest BCUT2D eigenvalue weighted by atomic mass is 16.3. The van der Waals surface area contributed by atoms with Gasteiger partial charge in [0.2, 0.25) is 5.91 Å². The molecule has 1 heterocycles. The summed E-state index contributed by atoms with van der Waals surface area (Å²) in [5.74, 6) is 0.0889. The van der Waals surface area contributed by atoms with Gasteiger partial charge in [-0.1, -0.05) is 18.2 Å². The lowest BCUT2D eigenvalue weighted by atomic mass is 10.0. The maximum Gasteiger partial charge on any atom is 0.245 e. The minimum Gasteiger partial charge on any atom is -0.396 e. The molecular formula is C14H20N2O2. The van der Waals surface area contributed by atoms with Crippen molar-refractivity contribution in [3.63, 3.8) is 0 Å². The average molecular weight is 248 g/mol. The Bertz CT molecular complexity index is 408. The standard InChI is InChI=1S/C14H20N2O2/c1-11-10-15(2)14(18)13(8-9-17)16(11)12-6-4-3-5-7-12/h3-7,11,13,17H,8-10H2,1-2H3. The summed E-state index contributed by atoms with van der Waals surface area (Å²) in [5, 5.41) is 9.18. The van der Waals surface area contributed by atoms with E-state index in [-0.39, 0.29) is 24.6 Å². The molecule has 1 aromatic rings. The first-order chi connectivity index (χ1) is 8.65. The molecule has 0 aromatic heterocycles. The average Bonchev–Trinajstić information content (AvgIpc) is 2.37. The maximum atomic E-state index is 12.2. The smallest absolute Gasteiger partial charge is 0.245 e. The van der Waals surface area contributed by atoms with Crippen LogP contribution in [0.15, 0.2) is 30.3 Å². The summed E-state index contributed by atoms with van der Waals surface area (Å²) in [6, 6.07) is 9.94. The Labute approximate surface area is 108 Å². The number of piperazine rings is 1. The molecule has 1 amide bonds. The number of amides is 1. The molecule has 4 heteroatoms. The van der Waals surface area contributed by atoms with E-state index in [1.165, 1.54) is 0 Å². The van der Waals surface area contributed by atoms with Gasteiger partial charge < -0.3 is 14.9 Å². The predicted octanol–water partition coefficient (Wildman–Crippen LogP) is 1.10. The number of aliphatic hydroxyl groups is 1. The fraction of sp³-hybridized carbons (Fsp3) is 0.500. The molecule has 0 saturated carbocycles. The molecule has 0 spiro atoms. The number of para-hydroxylation sites is 1. The number of benzene rings is 1. The summed E-state index contributed by atoms with van der Waals surface area (Å²) >= 11 is 0. The van der Waals surface area contributed by atoms with E-state index in [1.54, 1.807) is 4.90 Å². The number of hydrogen-bond donors (Lipinski definition) is 1. The van der Waals surface area contributed by atoms with Gasteiger partial charge in [-0.25, -0.2) is 0 Å². The minimum atomic E-state index is -0.258. The lowest BCUT2D eigenvalue weighted by molar-refractivity contribution is -0.134. The lowest BCUT2D eigenvalue weighted by Gasteiger charge is -2.45. The summed E-state index contributed by atoms with van der Waals surface area (Å²) in [6.07, 6.45) is 0.475. The summed E-state index contributed by atoms with van der Waals surface area (Å²) in [6.45, 7) is 2.86. The molecule has 18 heavy (non-hydrogen) atoms. The third kappa shape index (κ3) is 2.34. The van der Waals surface area contributed by atoms with Crippen molar-refractivity contribution in [2.75, 3.05) is 25.1 Å². The Morgan fingerprint density at radius 2 is 2.00 bits per heavy atom. The number of aliphatic hydroxyl groups excluding tert-OH is 1. The van der Waals surface area contributed by atoms with Gasteiger partial charge in [0.05, 0.1) is 0 Å². The van der Waals surface area contributed by atoms with Crippen molar-refractivity contribution in [3.8, 4) is 0 Å². The Morgan fingerprint density at radius 1 is 1.33 bits per heavy atom. The normalized spacial score (nSPS) is 24.5. The van der Waals surface area contributed by atoms with Gasteiger partial charge in [-0.05, 0) is 25.5 Å². The topological polar surface area (TPSA) is 43.8 Å². The van der Waals surface area contributed by atoms with E-state index in [2.05, 4.69) is 11.8 Å². The van der Waals surface area contributed by atoms with Crippen molar-refractivity contribution >= 4 is 11.6 Å². The molecule has 0 aliphatic carbocycles. The van der Waals surface area contributed by atoms with Crippen LogP contribution < -0.4 is 4.90 Å². The number of hydrogen-bond acceptors (Lipinski definition) is 3. The molecule has 4 nitrogen and oxygen atoms in total. The van der Waals surface area contributed by atoms with Crippen molar-refractivity contribution in [3.05, 3.63) is 30.3 Å². The minimum absolute atomic E-state index is 0.0281. The van der Waals surface area contributed by atoms with Gasteiger partial charge in [0.15, 0.2) is 0 Å². The van der Waals surface area contributed by atoms with Crippen LogP contribution in [-0.4, -0.2) is 48.2 Å². The van der Waals surface area contributed by atoms with Gasteiger partial charge in [0.25, 0.3) is 0 Å². The SMILES string of the molecule is CC1CN(C)C(=O)C(CCO)N1c1ccccc1. The summed E-state index contributed by atoms with van der Waals surface area (Å²) in [4.78, 5) is 16.1. The summed E-state index contributed by atoms with van der Waals surface area (Å²) in [7, 11) is 1.82. The highest BCUT2D eigenvalue weighted by Gasteiger charge is 2.36. The molecule has 1 aliphatic heterocycles. The van der Waals surface area contributed by atoms with E-state index in [0.717, 1.165) is 12.2 Å². The number of anilines is 1. The van der Waals surface area contributed by atoms with Crippen LogP contribution in [0.2, 0.25) is 0 Å². The zero-order chi connectivity index (χ0) is 13.1. The maximum absolute atomic E-state index is 12.2. The molecule has 1 aromatic carbocycles. The molecule has 0 bridgehead atoms. The van der Waals surface area contributed by atoms with E-state index in [9.17, 15) is 9.90 Å². The second-order valence-electron chi connectivity index (χ2n) is 4.84. The summed E-state index contributed by atoms with van der Waals surface area (Å²) < 4.78 is 0. The van der Waals surface area contributed by atoms with Gasteiger partial charge in [-0.2, -0.15) is 0 Å². The van der Waals surface area contributed by atoms with Crippen LogP contribution >= 0.6 is 0 Å². The fourth-order valence-corrected chi connectivity index (χ4v) is 2.67. The zero-order valence-corrected chi connectivity index (χ0v) is 10.9. The second kappa shape index (κ2) is 5.40. The monoisotopic (exact) mass is 248 g/mol. The van der Waals surface area contributed by atoms with Crippen molar-refractivity contribution in [2.45, 2.75) is 25.4 Å². The van der Waals surface area contributed by atoms with Gasteiger partial charge in [-0.3, -0.25) is 4.79 Å². The van der Waals surface area contributed by atoms with Crippen LogP contribution in [0.5, 0.6) is 0 Å². The number of likely N-dealkylation sites (N-methyl/N-ethyl adjacent to an activating group) is 1. The van der Waals surface area contributed by atoms with Crippen LogP contribution in [0.25, 0.3) is 0 Å². The lowest BCUT2D eigenvalue weighted by Crippen LogP contribution is -2.60. The number of carbonyl (C=O) groups is 1. The number of nitrogens with zero attached hydrogens (tertiary/aromatic N) is 2. The molecule has 0 radical (unpaired) electrons. The quantitative estimate of drug-likeness (QED) is 0.871. The Kier molecular flexibility index (Phi) is 3.87. The number of carbonyl (C=O) groups excluding carboxylic acids is 1. The van der Waals surface area contributed by atoms with E-state index >= 15 is 0 Å². The first kappa shape index (κ1) is 12.9. The van der Waals surface area contributed by atoms with E-state index in [4.69, 9.17) is 0 Å². The first-order valence-corrected chi connectivity index (χ1v) is 6.34. The van der Waals surface area contributed by atoms with Crippen LogP contribution in [0.4, 0.5) is 5.69 Å². The highest BCUT2D eigenvalue weighted by molar-refractivity contribution is 5.86. The van der Waals surface area contributed by atoms with Crippen LogP contribution in [-0.2, 0) is 4.79 Å². The van der Waals surface area contributed by atoms with Gasteiger partial charge >= 0.3 is 0 Å². The molecule has 1 aliphatic rings. The Balaban J connectivity index is 2.32. The molecular weight excluding hydrogens is 228 g/mol. The molecule has 1 fully saturated rings. The zero-order valence-electron chi connectivity index (χ0n) is 10.9. The van der Waals surface area contributed by atoms with Crippen LogP contribution in [0.3, 0.4) is 0 Å². The molecule has 98 valence electrons. The van der Waals surface area contributed by atoms with Gasteiger partial charge in [-0.15, -0.1) is 0 Å². The van der Waals surface area contributed by atoms with Gasteiger partial charge in [0.1, 0.15) is 6.04 Å². The molecule has 2 unspecified atom stereocenters. The van der Waals surface area contributed by atoms with Crippen molar-refractivity contribution in [2.24, 2.45) is 0 Å². The third-order valence-electron chi connectivity index (χ3n) is 3.47. The molecule has 1 N–H and O–H groups in total. The second-order valence-corrected chi connectivity index (χ2v) is 4.84. The third-order valence-corrected chi connectivity index (χ3v) is 3.47. The Morgan fingerprint density at radius 3 is 2.61 bits per heavy atom. The van der Waals surface area contributed by atoms with Crippen LogP contribution in [0, 0.1) is 0 Å². The largest absolute Gasteiger partial charge is 0.396 e.